The zero-order valence-corrected chi connectivity index (χ0v) is 11.7. The van der Waals surface area contributed by atoms with Crippen molar-refractivity contribution in [3.8, 4) is 16.9 Å². The lowest BCUT2D eigenvalue weighted by Crippen LogP contribution is -2.10. The molecule has 0 radical (unpaired) electrons. The van der Waals surface area contributed by atoms with Crippen molar-refractivity contribution in [1.29, 1.82) is 0 Å². The van der Waals surface area contributed by atoms with Crippen LogP contribution in [-0.4, -0.2) is 25.0 Å². The number of aromatic amines is 1. The molecule has 3 rings (SSSR count). The van der Waals surface area contributed by atoms with Crippen molar-refractivity contribution in [2.45, 2.75) is 0 Å². The summed E-state index contributed by atoms with van der Waals surface area (Å²) in [4.78, 5) is 17.8. The zero-order chi connectivity index (χ0) is 15.0. The summed E-state index contributed by atoms with van der Waals surface area (Å²) in [7, 11) is 0. The van der Waals surface area contributed by atoms with Gasteiger partial charge in [-0.05, 0) is 12.1 Å². The third-order valence-corrected chi connectivity index (χ3v) is 3.42. The van der Waals surface area contributed by atoms with Crippen LogP contribution in [0.3, 0.4) is 0 Å². The van der Waals surface area contributed by atoms with E-state index in [0.29, 0.717) is 5.69 Å². The van der Waals surface area contributed by atoms with Crippen LogP contribution in [-0.2, 0) is 0 Å². The van der Waals surface area contributed by atoms with Gasteiger partial charge in [-0.25, -0.2) is 14.1 Å². The van der Waals surface area contributed by atoms with E-state index in [2.05, 4.69) is 20.3 Å². The van der Waals surface area contributed by atoms with Crippen LogP contribution in [0.15, 0.2) is 35.6 Å². The van der Waals surface area contributed by atoms with Gasteiger partial charge in [0, 0.05) is 0 Å². The number of aromatic nitrogens is 5. The van der Waals surface area contributed by atoms with Gasteiger partial charge in [-0.3, -0.25) is 4.79 Å². The quantitative estimate of drug-likeness (QED) is 0.785. The second-order valence-electron chi connectivity index (χ2n) is 4.00. The van der Waals surface area contributed by atoms with E-state index >= 15 is 0 Å². The van der Waals surface area contributed by atoms with E-state index in [-0.39, 0.29) is 21.3 Å². The minimum absolute atomic E-state index is 0.0223. The largest absolute Gasteiger partial charge is 0.312 e. The molecule has 0 bridgehead atoms. The molecule has 3 aromatic rings. The maximum absolute atomic E-state index is 14.4. The van der Waals surface area contributed by atoms with Crippen LogP contribution in [0.1, 0.15) is 0 Å². The van der Waals surface area contributed by atoms with Crippen LogP contribution in [0.25, 0.3) is 16.9 Å². The van der Waals surface area contributed by atoms with E-state index in [9.17, 15) is 9.18 Å². The highest BCUT2D eigenvalue weighted by atomic mass is 35.5. The molecule has 0 spiro atoms. The van der Waals surface area contributed by atoms with Gasteiger partial charge in [0.25, 0.3) is 5.56 Å². The van der Waals surface area contributed by atoms with Gasteiger partial charge < -0.3 is 4.98 Å². The number of rotatable bonds is 2. The molecule has 0 saturated heterocycles. The molecule has 0 aliphatic rings. The van der Waals surface area contributed by atoms with Gasteiger partial charge in [-0.15, -0.1) is 5.10 Å². The molecule has 0 saturated carbocycles. The average Bonchev–Trinajstić information content (AvgIpc) is 2.99. The first-order valence-electron chi connectivity index (χ1n) is 5.68. The summed E-state index contributed by atoms with van der Waals surface area (Å²) in [5.41, 5.74) is -0.310. The Balaban J connectivity index is 2.38. The summed E-state index contributed by atoms with van der Waals surface area (Å²) < 4.78 is 15.8. The van der Waals surface area contributed by atoms with Crippen LogP contribution < -0.4 is 5.56 Å². The monoisotopic (exact) mass is 325 g/mol. The van der Waals surface area contributed by atoms with Crippen molar-refractivity contribution in [2.24, 2.45) is 0 Å². The SMILES string of the molecule is O=c1[nH]cnc(-c2c(-n3ccnn3)ccc(Cl)c2F)c1Cl. The molecule has 0 fully saturated rings. The third-order valence-electron chi connectivity index (χ3n) is 2.78. The minimum atomic E-state index is -0.746. The minimum Gasteiger partial charge on any atom is -0.312 e. The van der Waals surface area contributed by atoms with Gasteiger partial charge in [0.05, 0.1) is 35.0 Å². The molecule has 9 heteroatoms. The lowest BCUT2D eigenvalue weighted by molar-refractivity contribution is 0.628. The number of hydrogen-bond acceptors (Lipinski definition) is 4. The van der Waals surface area contributed by atoms with Crippen molar-refractivity contribution in [1.82, 2.24) is 25.0 Å². The number of halogens is 3. The Bertz CT molecular complexity index is 863. The molecule has 0 atom stereocenters. The Kier molecular flexibility index (Phi) is 3.44. The summed E-state index contributed by atoms with van der Waals surface area (Å²) in [5, 5.41) is 7.10. The third kappa shape index (κ3) is 2.30. The summed E-state index contributed by atoms with van der Waals surface area (Å²) in [6.07, 6.45) is 4.09. The second-order valence-corrected chi connectivity index (χ2v) is 4.78. The summed E-state index contributed by atoms with van der Waals surface area (Å²) in [6.45, 7) is 0. The zero-order valence-electron chi connectivity index (χ0n) is 10.2. The fraction of sp³-hybridized carbons (Fsp3) is 0. The normalized spacial score (nSPS) is 10.8. The summed E-state index contributed by atoms with van der Waals surface area (Å²) in [5.74, 6) is -0.746. The van der Waals surface area contributed by atoms with Crippen molar-refractivity contribution < 1.29 is 4.39 Å². The van der Waals surface area contributed by atoms with Gasteiger partial charge in [0.2, 0.25) is 0 Å². The number of nitrogens with one attached hydrogen (secondary N) is 1. The summed E-state index contributed by atoms with van der Waals surface area (Å²) in [6, 6.07) is 2.91. The molecule has 0 aliphatic carbocycles. The van der Waals surface area contributed by atoms with Gasteiger partial charge in [-0.2, -0.15) is 0 Å². The number of hydrogen-bond donors (Lipinski definition) is 1. The second kappa shape index (κ2) is 5.27. The molecular weight excluding hydrogens is 320 g/mol. The van der Waals surface area contributed by atoms with Gasteiger partial charge in [0.15, 0.2) is 5.82 Å². The standard InChI is InChI=1S/C12H6Cl2FN5O/c13-6-1-2-7(20-4-3-18-19-20)8(10(6)15)11-9(14)12(21)17-5-16-11/h1-5H,(H,16,17,21). The van der Waals surface area contributed by atoms with Crippen LogP contribution >= 0.6 is 23.2 Å². The molecule has 1 aromatic carbocycles. The maximum Gasteiger partial charge on any atom is 0.270 e. The first-order chi connectivity index (χ1) is 10.1. The van der Waals surface area contributed by atoms with E-state index in [1.807, 2.05) is 0 Å². The first-order valence-corrected chi connectivity index (χ1v) is 6.43. The highest BCUT2D eigenvalue weighted by molar-refractivity contribution is 6.33. The summed E-state index contributed by atoms with van der Waals surface area (Å²) >= 11 is 11.7. The van der Waals surface area contributed by atoms with Crippen LogP contribution in [0.2, 0.25) is 10.0 Å². The van der Waals surface area contributed by atoms with E-state index < -0.39 is 11.4 Å². The predicted molar refractivity (Wildman–Crippen MR) is 75.2 cm³/mol. The Morgan fingerprint density at radius 1 is 1.29 bits per heavy atom. The molecule has 0 aliphatic heterocycles. The maximum atomic E-state index is 14.4. The van der Waals surface area contributed by atoms with Crippen molar-refractivity contribution in [2.75, 3.05) is 0 Å². The van der Waals surface area contributed by atoms with E-state index in [0.717, 1.165) is 6.33 Å². The van der Waals surface area contributed by atoms with Crippen molar-refractivity contribution in [3.63, 3.8) is 0 Å². The highest BCUT2D eigenvalue weighted by Gasteiger charge is 2.21. The molecular formula is C12H6Cl2FN5O. The molecule has 0 unspecified atom stereocenters. The van der Waals surface area contributed by atoms with Gasteiger partial charge in [-0.1, -0.05) is 28.4 Å². The molecule has 106 valence electrons. The average molecular weight is 326 g/mol. The molecule has 1 N–H and O–H groups in total. The number of benzene rings is 1. The van der Waals surface area contributed by atoms with Gasteiger partial charge in [0.1, 0.15) is 10.7 Å². The van der Waals surface area contributed by atoms with E-state index in [1.165, 1.54) is 29.2 Å². The Morgan fingerprint density at radius 2 is 2.10 bits per heavy atom. The first kappa shape index (κ1) is 13.7. The fourth-order valence-electron chi connectivity index (χ4n) is 1.85. The smallest absolute Gasteiger partial charge is 0.270 e. The highest BCUT2D eigenvalue weighted by Crippen LogP contribution is 2.34. The van der Waals surface area contributed by atoms with E-state index in [1.54, 1.807) is 0 Å². The van der Waals surface area contributed by atoms with Crippen molar-refractivity contribution in [3.05, 3.63) is 57.1 Å². The van der Waals surface area contributed by atoms with Crippen LogP contribution in [0.4, 0.5) is 4.39 Å². The predicted octanol–water partition coefficient (Wildman–Crippen LogP) is 2.46. The van der Waals surface area contributed by atoms with Crippen LogP contribution in [0.5, 0.6) is 0 Å². The molecule has 2 aromatic heterocycles. The molecule has 21 heavy (non-hydrogen) atoms. The number of H-pyrrole nitrogens is 1. The Morgan fingerprint density at radius 3 is 2.81 bits per heavy atom. The Labute approximate surface area is 127 Å². The van der Waals surface area contributed by atoms with Gasteiger partial charge >= 0.3 is 0 Å². The lowest BCUT2D eigenvalue weighted by Gasteiger charge is -2.11. The van der Waals surface area contributed by atoms with E-state index in [4.69, 9.17) is 23.2 Å². The van der Waals surface area contributed by atoms with Crippen molar-refractivity contribution >= 4 is 23.2 Å². The molecule has 6 nitrogen and oxygen atoms in total. The molecule has 0 amide bonds. The number of nitrogens with zero attached hydrogens (tertiary/aromatic N) is 4. The molecule has 2 heterocycles. The Hall–Kier alpha value is -2.25. The lowest BCUT2D eigenvalue weighted by atomic mass is 10.1. The fourth-order valence-corrected chi connectivity index (χ4v) is 2.21. The topological polar surface area (TPSA) is 76.5 Å². The van der Waals surface area contributed by atoms with Crippen LogP contribution in [0, 0.1) is 5.82 Å².